The van der Waals surface area contributed by atoms with Crippen LogP contribution in [0, 0.1) is 0 Å². The Bertz CT molecular complexity index is 719. The molecule has 0 spiro atoms. The van der Waals surface area contributed by atoms with Gasteiger partial charge in [-0.25, -0.2) is 4.98 Å². The maximum absolute atomic E-state index is 6.04. The van der Waals surface area contributed by atoms with Gasteiger partial charge in [-0.15, -0.1) is 0 Å². The molecule has 1 aromatic heterocycles. The second-order valence-electron chi connectivity index (χ2n) is 7.61. The van der Waals surface area contributed by atoms with E-state index in [0.29, 0.717) is 18.2 Å². The summed E-state index contributed by atoms with van der Waals surface area (Å²) < 4.78 is 6.00. The molecule has 27 heavy (non-hydrogen) atoms. The first-order valence-electron chi connectivity index (χ1n) is 9.82. The zero-order chi connectivity index (χ0) is 18.6. The first-order valence-corrected chi connectivity index (χ1v) is 10.2. The molecular formula is C21H27ClN4O. The maximum atomic E-state index is 6.04. The van der Waals surface area contributed by atoms with Crippen molar-refractivity contribution in [1.82, 2.24) is 14.9 Å². The standard InChI is InChI=1S/C21H27ClN4O/c1-16-14-26(20(15-27-16)12-17-2-4-18(22)5-3-17)19-6-10-25(11-7-19)21-13-23-8-9-24-21/h2-5,8-9,13,16,19-20H,6-7,10-12,14-15H2,1H3/t16-,20-/m0/s1. The fourth-order valence-corrected chi connectivity index (χ4v) is 4.39. The van der Waals surface area contributed by atoms with Gasteiger partial charge >= 0.3 is 0 Å². The van der Waals surface area contributed by atoms with Gasteiger partial charge in [-0.05, 0) is 43.9 Å². The van der Waals surface area contributed by atoms with Gasteiger partial charge in [-0.2, -0.15) is 0 Å². The zero-order valence-corrected chi connectivity index (χ0v) is 16.6. The first-order chi connectivity index (χ1) is 13.2. The molecule has 2 saturated heterocycles. The van der Waals surface area contributed by atoms with Crippen LogP contribution in [-0.2, 0) is 11.2 Å². The number of nitrogens with zero attached hydrogens (tertiary/aromatic N) is 4. The van der Waals surface area contributed by atoms with Crippen molar-refractivity contribution in [2.24, 2.45) is 0 Å². The summed E-state index contributed by atoms with van der Waals surface area (Å²) in [6, 6.07) is 9.25. The van der Waals surface area contributed by atoms with E-state index in [9.17, 15) is 0 Å². The van der Waals surface area contributed by atoms with Gasteiger partial charge in [0.25, 0.3) is 0 Å². The van der Waals surface area contributed by atoms with Gasteiger partial charge in [0.1, 0.15) is 5.82 Å². The molecular weight excluding hydrogens is 360 g/mol. The summed E-state index contributed by atoms with van der Waals surface area (Å²) in [7, 11) is 0. The Morgan fingerprint density at radius 2 is 1.93 bits per heavy atom. The smallest absolute Gasteiger partial charge is 0.147 e. The minimum Gasteiger partial charge on any atom is -0.376 e. The second-order valence-corrected chi connectivity index (χ2v) is 8.04. The van der Waals surface area contributed by atoms with Crippen LogP contribution in [0.15, 0.2) is 42.9 Å². The number of halogens is 1. The maximum Gasteiger partial charge on any atom is 0.147 e. The number of hydrogen-bond acceptors (Lipinski definition) is 5. The van der Waals surface area contributed by atoms with Crippen LogP contribution in [0.5, 0.6) is 0 Å². The summed E-state index contributed by atoms with van der Waals surface area (Å²) in [5.41, 5.74) is 1.32. The summed E-state index contributed by atoms with van der Waals surface area (Å²) in [6.45, 7) is 6.05. The fraction of sp³-hybridized carbons (Fsp3) is 0.524. The minimum absolute atomic E-state index is 0.296. The average Bonchev–Trinajstić information content (AvgIpc) is 2.72. The molecule has 0 aliphatic carbocycles. The quantitative estimate of drug-likeness (QED) is 0.805. The molecule has 2 aliphatic heterocycles. The summed E-state index contributed by atoms with van der Waals surface area (Å²) in [5.74, 6) is 0.990. The Morgan fingerprint density at radius 1 is 1.15 bits per heavy atom. The van der Waals surface area contributed by atoms with E-state index >= 15 is 0 Å². The predicted molar refractivity (Wildman–Crippen MR) is 108 cm³/mol. The van der Waals surface area contributed by atoms with Gasteiger partial charge in [0.05, 0.1) is 18.9 Å². The lowest BCUT2D eigenvalue weighted by molar-refractivity contribution is -0.0745. The number of benzene rings is 1. The van der Waals surface area contributed by atoms with Crippen molar-refractivity contribution in [3.8, 4) is 0 Å². The second kappa shape index (κ2) is 8.55. The van der Waals surface area contributed by atoms with Gasteiger partial charge < -0.3 is 9.64 Å². The molecule has 1 aromatic carbocycles. The predicted octanol–water partition coefficient (Wildman–Crippen LogP) is 3.43. The van der Waals surface area contributed by atoms with Crippen LogP contribution in [0.3, 0.4) is 0 Å². The number of morpholine rings is 1. The van der Waals surface area contributed by atoms with Crippen LogP contribution < -0.4 is 4.90 Å². The number of aromatic nitrogens is 2. The van der Waals surface area contributed by atoms with Crippen LogP contribution in [0.2, 0.25) is 5.02 Å². The lowest BCUT2D eigenvalue weighted by atomic mass is 9.96. The van der Waals surface area contributed by atoms with Gasteiger partial charge in [0, 0.05) is 49.1 Å². The average molecular weight is 387 g/mol. The van der Waals surface area contributed by atoms with E-state index in [-0.39, 0.29) is 0 Å². The van der Waals surface area contributed by atoms with Gasteiger partial charge in [-0.3, -0.25) is 9.88 Å². The molecule has 0 saturated carbocycles. The fourth-order valence-electron chi connectivity index (χ4n) is 4.27. The Hall–Kier alpha value is -1.69. The van der Waals surface area contributed by atoms with Gasteiger partial charge in [-0.1, -0.05) is 23.7 Å². The van der Waals surface area contributed by atoms with E-state index in [1.54, 1.807) is 12.4 Å². The van der Waals surface area contributed by atoms with Crippen molar-refractivity contribution >= 4 is 17.4 Å². The number of rotatable bonds is 4. The van der Waals surface area contributed by atoms with Crippen LogP contribution in [0.1, 0.15) is 25.3 Å². The summed E-state index contributed by atoms with van der Waals surface area (Å²) in [6.07, 6.45) is 8.97. The molecule has 144 valence electrons. The highest BCUT2D eigenvalue weighted by atomic mass is 35.5. The van der Waals surface area contributed by atoms with E-state index in [1.165, 1.54) is 5.56 Å². The minimum atomic E-state index is 0.296. The highest BCUT2D eigenvalue weighted by molar-refractivity contribution is 6.30. The van der Waals surface area contributed by atoms with Crippen LogP contribution in [-0.4, -0.2) is 59.3 Å². The Labute approximate surface area is 166 Å². The zero-order valence-electron chi connectivity index (χ0n) is 15.8. The first kappa shape index (κ1) is 18.7. The lowest BCUT2D eigenvalue weighted by Crippen LogP contribution is -2.56. The number of anilines is 1. The third kappa shape index (κ3) is 4.60. The highest BCUT2D eigenvalue weighted by Gasteiger charge is 2.34. The normalized spacial score (nSPS) is 24.9. The highest BCUT2D eigenvalue weighted by Crippen LogP contribution is 2.26. The molecule has 5 nitrogen and oxygen atoms in total. The van der Waals surface area contributed by atoms with Crippen molar-refractivity contribution in [1.29, 1.82) is 0 Å². The number of ether oxygens (including phenoxy) is 1. The van der Waals surface area contributed by atoms with Gasteiger partial charge in [0.15, 0.2) is 0 Å². The van der Waals surface area contributed by atoms with Gasteiger partial charge in [0.2, 0.25) is 0 Å². The van der Waals surface area contributed by atoms with Crippen LogP contribution >= 0.6 is 11.6 Å². The number of hydrogen-bond donors (Lipinski definition) is 0. The molecule has 2 atom stereocenters. The molecule has 0 amide bonds. The molecule has 2 fully saturated rings. The van der Waals surface area contributed by atoms with E-state index in [1.807, 2.05) is 18.3 Å². The molecule has 2 aromatic rings. The molecule has 2 aliphatic rings. The van der Waals surface area contributed by atoms with Crippen LogP contribution in [0.25, 0.3) is 0 Å². The molecule has 4 rings (SSSR count). The van der Waals surface area contributed by atoms with E-state index in [4.69, 9.17) is 16.3 Å². The molecule has 6 heteroatoms. The number of piperidine rings is 1. The van der Waals surface area contributed by atoms with Crippen molar-refractivity contribution in [2.45, 2.75) is 44.4 Å². The van der Waals surface area contributed by atoms with Crippen molar-refractivity contribution in [3.63, 3.8) is 0 Å². The molecule has 0 radical (unpaired) electrons. The van der Waals surface area contributed by atoms with E-state index < -0.39 is 0 Å². The summed E-state index contributed by atoms with van der Waals surface area (Å²) in [4.78, 5) is 13.7. The molecule has 3 heterocycles. The Kier molecular flexibility index (Phi) is 5.91. The monoisotopic (exact) mass is 386 g/mol. The Morgan fingerprint density at radius 3 is 2.63 bits per heavy atom. The van der Waals surface area contributed by atoms with Crippen molar-refractivity contribution < 1.29 is 4.74 Å². The molecule has 0 N–H and O–H groups in total. The third-order valence-corrected chi connectivity index (χ3v) is 5.95. The van der Waals surface area contributed by atoms with E-state index in [2.05, 4.69) is 38.8 Å². The van der Waals surface area contributed by atoms with E-state index in [0.717, 1.165) is 56.3 Å². The van der Waals surface area contributed by atoms with Crippen LogP contribution in [0.4, 0.5) is 5.82 Å². The topological polar surface area (TPSA) is 41.5 Å². The Balaban J connectivity index is 1.41. The SMILES string of the molecule is C[C@H]1CN(C2CCN(c3cnccn3)CC2)[C@@H](Cc2ccc(Cl)cc2)CO1. The molecule has 0 bridgehead atoms. The van der Waals surface area contributed by atoms with Crippen molar-refractivity contribution in [3.05, 3.63) is 53.4 Å². The largest absolute Gasteiger partial charge is 0.376 e. The third-order valence-electron chi connectivity index (χ3n) is 5.70. The lowest BCUT2D eigenvalue weighted by Gasteiger charge is -2.46. The summed E-state index contributed by atoms with van der Waals surface area (Å²) >= 11 is 6.04. The molecule has 0 unspecified atom stereocenters. The van der Waals surface area contributed by atoms with Crippen molar-refractivity contribution in [2.75, 3.05) is 31.1 Å². The summed E-state index contributed by atoms with van der Waals surface area (Å²) in [5, 5.41) is 0.792.